The molecule has 2 aromatic rings. The van der Waals surface area contributed by atoms with Gasteiger partial charge in [0.25, 0.3) is 0 Å². The number of guanidine groups is 1. The third-order valence-electron chi connectivity index (χ3n) is 3.90. The first-order chi connectivity index (χ1) is 12.1. The Morgan fingerprint density at radius 3 is 2.28 bits per heavy atom. The summed E-state index contributed by atoms with van der Waals surface area (Å²) in [6, 6.07) is 14.3. The third kappa shape index (κ3) is 6.03. The molecule has 0 radical (unpaired) electrons. The van der Waals surface area contributed by atoms with E-state index in [-0.39, 0.29) is 0 Å². The molecule has 0 aromatic heterocycles. The van der Waals surface area contributed by atoms with Gasteiger partial charge < -0.3 is 20.1 Å². The second-order valence-electron chi connectivity index (χ2n) is 5.81. The van der Waals surface area contributed by atoms with Crippen LogP contribution in [0.15, 0.2) is 47.5 Å². The van der Waals surface area contributed by atoms with Crippen molar-refractivity contribution in [3.63, 3.8) is 0 Å². The molecule has 0 unspecified atom stereocenters. The van der Waals surface area contributed by atoms with Gasteiger partial charge in [0.15, 0.2) is 5.96 Å². The van der Waals surface area contributed by atoms with Crippen LogP contribution in [0.5, 0.6) is 11.5 Å². The van der Waals surface area contributed by atoms with E-state index in [0.717, 1.165) is 36.0 Å². The summed E-state index contributed by atoms with van der Waals surface area (Å²) < 4.78 is 10.5. The average molecular weight is 341 g/mol. The van der Waals surface area contributed by atoms with E-state index in [1.165, 1.54) is 11.1 Å². The fraction of sp³-hybridized carbons (Fsp3) is 0.350. The summed E-state index contributed by atoms with van der Waals surface area (Å²) in [5.74, 6) is 2.54. The molecule has 0 aliphatic carbocycles. The minimum absolute atomic E-state index is 0.695. The molecule has 0 amide bonds. The van der Waals surface area contributed by atoms with Gasteiger partial charge in [-0.15, -0.1) is 0 Å². The molecule has 0 aliphatic rings. The molecule has 0 aliphatic heterocycles. The highest BCUT2D eigenvalue weighted by Gasteiger charge is 2.02. The Labute approximate surface area is 150 Å². The van der Waals surface area contributed by atoms with Crippen molar-refractivity contribution in [3.05, 3.63) is 59.2 Å². The number of aliphatic imine (C=N–C) groups is 1. The summed E-state index contributed by atoms with van der Waals surface area (Å²) in [5.41, 5.74) is 3.60. The highest BCUT2D eigenvalue weighted by atomic mass is 16.5. The summed E-state index contributed by atoms with van der Waals surface area (Å²) in [4.78, 5) is 4.27. The van der Waals surface area contributed by atoms with Gasteiger partial charge in [0.1, 0.15) is 11.5 Å². The highest BCUT2D eigenvalue weighted by molar-refractivity contribution is 5.79. The maximum Gasteiger partial charge on any atom is 0.191 e. The average Bonchev–Trinajstić information content (AvgIpc) is 2.64. The van der Waals surface area contributed by atoms with Gasteiger partial charge >= 0.3 is 0 Å². The minimum Gasteiger partial charge on any atom is -0.497 e. The van der Waals surface area contributed by atoms with E-state index in [2.05, 4.69) is 40.7 Å². The molecule has 2 aromatic carbocycles. The van der Waals surface area contributed by atoms with Gasteiger partial charge in [-0.3, -0.25) is 4.99 Å². The van der Waals surface area contributed by atoms with Gasteiger partial charge in [0, 0.05) is 20.1 Å². The Kier molecular flexibility index (Phi) is 7.14. The smallest absolute Gasteiger partial charge is 0.191 e. The number of nitrogens with one attached hydrogen (secondary N) is 2. The highest BCUT2D eigenvalue weighted by Crippen LogP contribution is 2.16. The van der Waals surface area contributed by atoms with E-state index >= 15 is 0 Å². The molecule has 5 heteroatoms. The molecule has 0 fully saturated rings. The van der Waals surface area contributed by atoms with Crippen LogP contribution in [0, 0.1) is 6.92 Å². The predicted octanol–water partition coefficient (Wildman–Crippen LogP) is 2.92. The molecule has 2 rings (SSSR count). The molecular weight excluding hydrogens is 314 g/mol. The summed E-state index contributed by atoms with van der Waals surface area (Å²) in [7, 11) is 5.14. The van der Waals surface area contributed by atoms with Crippen molar-refractivity contribution < 1.29 is 9.47 Å². The molecule has 25 heavy (non-hydrogen) atoms. The monoisotopic (exact) mass is 341 g/mol. The zero-order chi connectivity index (χ0) is 18.1. The van der Waals surface area contributed by atoms with Gasteiger partial charge in [-0.25, -0.2) is 0 Å². The number of ether oxygens (including phenoxy) is 2. The molecule has 2 N–H and O–H groups in total. The Bertz CT molecular complexity index is 697. The number of rotatable bonds is 7. The van der Waals surface area contributed by atoms with Crippen LogP contribution in [0.3, 0.4) is 0 Å². The van der Waals surface area contributed by atoms with Crippen molar-refractivity contribution in [1.29, 1.82) is 0 Å². The number of methoxy groups -OCH3 is 2. The first-order valence-electron chi connectivity index (χ1n) is 8.36. The Hall–Kier alpha value is -2.69. The molecule has 5 nitrogen and oxygen atoms in total. The summed E-state index contributed by atoms with van der Waals surface area (Å²) >= 11 is 0. The van der Waals surface area contributed by atoms with Crippen LogP contribution in [0.2, 0.25) is 0 Å². The molecule has 0 saturated heterocycles. The fourth-order valence-electron chi connectivity index (χ4n) is 2.57. The standard InChI is InChI=1S/C20H27N3O2/c1-15-11-17(13-19(12-15)25-4)14-23-20(21-2)22-10-9-16-5-7-18(24-3)8-6-16/h5-8,11-13H,9-10,14H2,1-4H3,(H2,21,22,23). The topological polar surface area (TPSA) is 54.9 Å². The lowest BCUT2D eigenvalue weighted by Gasteiger charge is -2.13. The van der Waals surface area contributed by atoms with Gasteiger partial charge in [0.2, 0.25) is 0 Å². The first kappa shape index (κ1) is 18.6. The molecule has 134 valence electrons. The van der Waals surface area contributed by atoms with Crippen LogP contribution in [-0.4, -0.2) is 33.8 Å². The maximum atomic E-state index is 5.32. The largest absolute Gasteiger partial charge is 0.497 e. The number of hydrogen-bond donors (Lipinski definition) is 2. The van der Waals surface area contributed by atoms with Crippen molar-refractivity contribution in [2.24, 2.45) is 4.99 Å². The van der Waals surface area contributed by atoms with Crippen molar-refractivity contribution in [2.45, 2.75) is 19.9 Å². The number of nitrogens with zero attached hydrogens (tertiary/aromatic N) is 1. The Balaban J connectivity index is 1.81. The summed E-state index contributed by atoms with van der Waals surface area (Å²) in [6.07, 6.45) is 0.920. The van der Waals surface area contributed by atoms with Crippen molar-refractivity contribution in [2.75, 3.05) is 27.8 Å². The van der Waals surface area contributed by atoms with Crippen molar-refractivity contribution in [1.82, 2.24) is 10.6 Å². The Morgan fingerprint density at radius 2 is 1.64 bits per heavy atom. The minimum atomic E-state index is 0.695. The van der Waals surface area contributed by atoms with Crippen molar-refractivity contribution >= 4 is 5.96 Å². The van der Waals surface area contributed by atoms with Gasteiger partial charge in [-0.05, 0) is 54.3 Å². The maximum absolute atomic E-state index is 5.32. The Morgan fingerprint density at radius 1 is 0.920 bits per heavy atom. The second kappa shape index (κ2) is 9.57. The van der Waals surface area contributed by atoms with Gasteiger partial charge in [-0.1, -0.05) is 18.2 Å². The molecule has 0 spiro atoms. The number of hydrogen-bond acceptors (Lipinski definition) is 3. The van der Waals surface area contributed by atoms with E-state index in [1.807, 2.05) is 24.3 Å². The van der Waals surface area contributed by atoms with E-state index in [9.17, 15) is 0 Å². The normalized spacial score (nSPS) is 11.1. The molecule has 0 bridgehead atoms. The van der Waals surface area contributed by atoms with Crippen LogP contribution >= 0.6 is 0 Å². The predicted molar refractivity (Wildman–Crippen MR) is 103 cm³/mol. The number of aryl methyl sites for hydroxylation is 1. The summed E-state index contributed by atoms with van der Waals surface area (Å²) in [6.45, 7) is 3.57. The van der Waals surface area contributed by atoms with Gasteiger partial charge in [-0.2, -0.15) is 0 Å². The van der Waals surface area contributed by atoms with E-state index < -0.39 is 0 Å². The van der Waals surface area contributed by atoms with E-state index in [0.29, 0.717) is 6.54 Å². The lowest BCUT2D eigenvalue weighted by Crippen LogP contribution is -2.37. The third-order valence-corrected chi connectivity index (χ3v) is 3.90. The second-order valence-corrected chi connectivity index (χ2v) is 5.81. The van der Waals surface area contributed by atoms with Gasteiger partial charge in [0.05, 0.1) is 14.2 Å². The van der Waals surface area contributed by atoms with Crippen LogP contribution in [0.25, 0.3) is 0 Å². The molecule has 0 heterocycles. The lowest BCUT2D eigenvalue weighted by molar-refractivity contribution is 0.414. The zero-order valence-corrected chi connectivity index (χ0v) is 15.4. The molecular formula is C20H27N3O2. The van der Waals surface area contributed by atoms with Crippen LogP contribution in [0.4, 0.5) is 0 Å². The number of benzene rings is 2. The molecule has 0 atom stereocenters. The van der Waals surface area contributed by atoms with E-state index in [1.54, 1.807) is 21.3 Å². The first-order valence-corrected chi connectivity index (χ1v) is 8.36. The van der Waals surface area contributed by atoms with Crippen molar-refractivity contribution in [3.8, 4) is 11.5 Å². The lowest BCUT2D eigenvalue weighted by atomic mass is 10.1. The fourth-order valence-corrected chi connectivity index (χ4v) is 2.57. The van der Waals surface area contributed by atoms with Crippen LogP contribution in [-0.2, 0) is 13.0 Å². The van der Waals surface area contributed by atoms with Crippen LogP contribution in [0.1, 0.15) is 16.7 Å². The SMILES string of the molecule is CN=C(NCCc1ccc(OC)cc1)NCc1cc(C)cc(OC)c1. The summed E-state index contributed by atoms with van der Waals surface area (Å²) in [5, 5.41) is 6.67. The quantitative estimate of drug-likeness (QED) is 0.601. The molecule has 0 saturated carbocycles. The van der Waals surface area contributed by atoms with E-state index in [4.69, 9.17) is 9.47 Å². The zero-order valence-electron chi connectivity index (χ0n) is 15.4. The van der Waals surface area contributed by atoms with Crippen LogP contribution < -0.4 is 20.1 Å².